The Hall–Kier alpha value is -2.19. The van der Waals surface area contributed by atoms with Gasteiger partial charge in [-0.25, -0.2) is 4.98 Å². The van der Waals surface area contributed by atoms with Crippen molar-refractivity contribution in [3.05, 3.63) is 24.2 Å². The molecule has 1 unspecified atom stereocenters. The van der Waals surface area contributed by atoms with E-state index < -0.39 is 0 Å². The predicted molar refractivity (Wildman–Crippen MR) is 84.2 cm³/mol. The van der Waals surface area contributed by atoms with Crippen LogP contribution in [0.1, 0.15) is 18.7 Å². The summed E-state index contributed by atoms with van der Waals surface area (Å²) in [5, 5.41) is 9.81. The first kappa shape index (κ1) is 17.2. The SMILES string of the molecule is COc1ccc(-c2noc(CNC(=O)C3CCCN3)n2)cn1.Cl. The molecule has 1 aliphatic heterocycles. The molecule has 1 aliphatic rings. The molecule has 0 bridgehead atoms. The summed E-state index contributed by atoms with van der Waals surface area (Å²) in [5.74, 6) is 1.27. The van der Waals surface area contributed by atoms with E-state index in [4.69, 9.17) is 9.26 Å². The van der Waals surface area contributed by atoms with E-state index in [0.717, 1.165) is 24.9 Å². The summed E-state index contributed by atoms with van der Waals surface area (Å²) in [6, 6.07) is 3.40. The van der Waals surface area contributed by atoms with Crippen LogP contribution in [0.5, 0.6) is 5.88 Å². The minimum absolute atomic E-state index is 0. The van der Waals surface area contributed by atoms with E-state index in [0.29, 0.717) is 17.6 Å². The summed E-state index contributed by atoms with van der Waals surface area (Å²) >= 11 is 0. The molecular formula is C14H18ClN5O3. The minimum atomic E-state index is -0.117. The molecule has 0 saturated carbocycles. The number of pyridine rings is 1. The zero-order valence-corrected chi connectivity index (χ0v) is 13.4. The van der Waals surface area contributed by atoms with Gasteiger partial charge in [-0.3, -0.25) is 4.79 Å². The van der Waals surface area contributed by atoms with Gasteiger partial charge in [0, 0.05) is 17.8 Å². The Balaban J connectivity index is 0.00000192. The number of carbonyl (C=O) groups is 1. The third-order valence-electron chi connectivity index (χ3n) is 3.46. The van der Waals surface area contributed by atoms with Gasteiger partial charge in [0.2, 0.25) is 23.5 Å². The van der Waals surface area contributed by atoms with Crippen molar-refractivity contribution < 1.29 is 14.1 Å². The largest absolute Gasteiger partial charge is 0.481 e. The molecule has 23 heavy (non-hydrogen) atoms. The Kier molecular flexibility index (Phi) is 5.89. The Morgan fingerprint density at radius 1 is 1.52 bits per heavy atom. The summed E-state index contributed by atoms with van der Waals surface area (Å²) in [6.07, 6.45) is 3.49. The molecule has 2 aromatic heterocycles. The topological polar surface area (TPSA) is 102 Å². The van der Waals surface area contributed by atoms with E-state index in [-0.39, 0.29) is 30.9 Å². The van der Waals surface area contributed by atoms with Gasteiger partial charge in [0.1, 0.15) is 0 Å². The van der Waals surface area contributed by atoms with Gasteiger partial charge in [0.05, 0.1) is 19.7 Å². The molecule has 0 radical (unpaired) electrons. The third kappa shape index (κ3) is 4.17. The van der Waals surface area contributed by atoms with Crippen LogP contribution in [0.15, 0.2) is 22.9 Å². The summed E-state index contributed by atoms with van der Waals surface area (Å²) in [5.41, 5.74) is 0.722. The first-order valence-corrected chi connectivity index (χ1v) is 7.10. The maximum atomic E-state index is 11.9. The highest BCUT2D eigenvalue weighted by atomic mass is 35.5. The molecule has 0 aromatic carbocycles. The van der Waals surface area contributed by atoms with Crippen molar-refractivity contribution in [2.75, 3.05) is 13.7 Å². The molecule has 1 saturated heterocycles. The second kappa shape index (κ2) is 7.89. The summed E-state index contributed by atoms with van der Waals surface area (Å²) in [4.78, 5) is 20.2. The lowest BCUT2D eigenvalue weighted by Gasteiger charge is -2.08. The van der Waals surface area contributed by atoms with Gasteiger partial charge in [0.15, 0.2) is 0 Å². The van der Waals surface area contributed by atoms with Gasteiger partial charge in [0.25, 0.3) is 0 Å². The molecule has 1 amide bonds. The fourth-order valence-corrected chi connectivity index (χ4v) is 2.27. The summed E-state index contributed by atoms with van der Waals surface area (Å²) < 4.78 is 10.1. The normalized spacial score (nSPS) is 16.7. The number of nitrogens with one attached hydrogen (secondary N) is 2. The monoisotopic (exact) mass is 339 g/mol. The molecule has 124 valence electrons. The number of nitrogens with zero attached hydrogens (tertiary/aromatic N) is 3. The van der Waals surface area contributed by atoms with E-state index in [9.17, 15) is 4.79 Å². The molecule has 1 fully saturated rings. The fourth-order valence-electron chi connectivity index (χ4n) is 2.27. The first-order chi connectivity index (χ1) is 10.8. The minimum Gasteiger partial charge on any atom is -0.481 e. The number of hydrogen-bond acceptors (Lipinski definition) is 7. The zero-order chi connectivity index (χ0) is 15.4. The molecule has 2 aromatic rings. The van der Waals surface area contributed by atoms with Crippen molar-refractivity contribution in [1.82, 2.24) is 25.8 Å². The molecule has 3 rings (SSSR count). The number of methoxy groups -OCH3 is 1. The van der Waals surface area contributed by atoms with Crippen LogP contribution in [0, 0.1) is 0 Å². The summed E-state index contributed by atoms with van der Waals surface area (Å²) in [7, 11) is 1.55. The second-order valence-electron chi connectivity index (χ2n) is 4.97. The second-order valence-corrected chi connectivity index (χ2v) is 4.97. The average molecular weight is 340 g/mol. The van der Waals surface area contributed by atoms with E-state index in [2.05, 4.69) is 25.8 Å². The van der Waals surface area contributed by atoms with Crippen molar-refractivity contribution >= 4 is 18.3 Å². The zero-order valence-electron chi connectivity index (χ0n) is 12.6. The molecule has 1 atom stereocenters. The number of halogens is 1. The maximum Gasteiger partial charge on any atom is 0.246 e. The van der Waals surface area contributed by atoms with Gasteiger partial charge in [-0.2, -0.15) is 4.98 Å². The Morgan fingerprint density at radius 3 is 3.04 bits per heavy atom. The van der Waals surface area contributed by atoms with Crippen LogP contribution >= 0.6 is 12.4 Å². The van der Waals surface area contributed by atoms with Crippen LogP contribution in [-0.4, -0.2) is 40.7 Å². The van der Waals surface area contributed by atoms with E-state index >= 15 is 0 Å². The quantitative estimate of drug-likeness (QED) is 0.835. The van der Waals surface area contributed by atoms with Crippen LogP contribution in [0.25, 0.3) is 11.4 Å². The molecule has 2 N–H and O–H groups in total. The maximum absolute atomic E-state index is 11.9. The van der Waals surface area contributed by atoms with E-state index in [1.807, 2.05) is 0 Å². The molecule has 0 spiro atoms. The van der Waals surface area contributed by atoms with E-state index in [1.54, 1.807) is 25.4 Å². The molecular weight excluding hydrogens is 322 g/mol. The highest BCUT2D eigenvalue weighted by Gasteiger charge is 2.22. The first-order valence-electron chi connectivity index (χ1n) is 7.10. The number of ether oxygens (including phenoxy) is 1. The Bertz CT molecular complexity index is 640. The van der Waals surface area contributed by atoms with E-state index in [1.165, 1.54) is 0 Å². The lowest BCUT2D eigenvalue weighted by atomic mass is 10.2. The smallest absolute Gasteiger partial charge is 0.246 e. The number of carbonyl (C=O) groups excluding carboxylic acids is 1. The van der Waals surface area contributed by atoms with Crippen LogP contribution in [0.3, 0.4) is 0 Å². The van der Waals surface area contributed by atoms with Gasteiger partial charge < -0.3 is 19.9 Å². The fraction of sp³-hybridized carbons (Fsp3) is 0.429. The Labute approximate surface area is 139 Å². The lowest BCUT2D eigenvalue weighted by molar-refractivity contribution is -0.123. The summed E-state index contributed by atoms with van der Waals surface area (Å²) in [6.45, 7) is 1.10. The highest BCUT2D eigenvalue weighted by Crippen LogP contribution is 2.17. The lowest BCUT2D eigenvalue weighted by Crippen LogP contribution is -2.40. The van der Waals surface area contributed by atoms with Crippen molar-refractivity contribution in [2.45, 2.75) is 25.4 Å². The molecule has 9 heteroatoms. The van der Waals surface area contributed by atoms with Crippen LogP contribution in [0.4, 0.5) is 0 Å². The third-order valence-corrected chi connectivity index (χ3v) is 3.46. The number of amides is 1. The standard InChI is InChI=1S/C14H17N5O3.ClH/c1-21-11-5-4-9(7-16-11)13-18-12(22-19-13)8-17-14(20)10-3-2-6-15-10;/h4-5,7,10,15H,2-3,6,8H2,1H3,(H,17,20);1H. The van der Waals surface area contributed by atoms with Gasteiger partial charge in [-0.15, -0.1) is 12.4 Å². The number of aromatic nitrogens is 3. The van der Waals surface area contributed by atoms with Crippen LogP contribution < -0.4 is 15.4 Å². The van der Waals surface area contributed by atoms with Crippen molar-refractivity contribution in [2.24, 2.45) is 0 Å². The predicted octanol–water partition coefficient (Wildman–Crippen LogP) is 0.930. The molecule has 8 nitrogen and oxygen atoms in total. The number of rotatable bonds is 5. The van der Waals surface area contributed by atoms with Gasteiger partial charge >= 0.3 is 0 Å². The molecule has 3 heterocycles. The molecule has 0 aliphatic carbocycles. The van der Waals surface area contributed by atoms with Gasteiger partial charge in [-0.1, -0.05) is 5.16 Å². The number of hydrogen-bond donors (Lipinski definition) is 2. The van der Waals surface area contributed by atoms with Crippen LogP contribution in [0.2, 0.25) is 0 Å². The highest BCUT2D eigenvalue weighted by molar-refractivity contribution is 5.85. The van der Waals surface area contributed by atoms with Crippen LogP contribution in [-0.2, 0) is 11.3 Å². The Morgan fingerprint density at radius 2 is 2.39 bits per heavy atom. The van der Waals surface area contributed by atoms with Crippen molar-refractivity contribution in [3.63, 3.8) is 0 Å². The van der Waals surface area contributed by atoms with Gasteiger partial charge in [-0.05, 0) is 25.5 Å². The average Bonchev–Trinajstić information content (AvgIpc) is 3.24. The van der Waals surface area contributed by atoms with Crippen molar-refractivity contribution in [1.29, 1.82) is 0 Å². The van der Waals surface area contributed by atoms with Crippen molar-refractivity contribution in [3.8, 4) is 17.3 Å².